The molecule has 7 heteroatoms. The van der Waals surface area contributed by atoms with E-state index in [0.29, 0.717) is 11.1 Å². The summed E-state index contributed by atoms with van der Waals surface area (Å²) in [5.74, 6) is 0. The van der Waals surface area contributed by atoms with Gasteiger partial charge in [-0.3, -0.25) is 0 Å². The van der Waals surface area contributed by atoms with Crippen LogP contribution in [-0.4, -0.2) is 24.8 Å². The molecule has 0 aliphatic heterocycles. The molecular weight excluding hydrogens is 308 g/mol. The topological polar surface area (TPSA) is 76.5 Å². The average molecular weight is 324 g/mol. The van der Waals surface area contributed by atoms with Crippen LogP contribution in [-0.2, 0) is 16.6 Å². The standard InChI is InChI=1S/C14H16N2O3S2/c1-10-3-4-12(14(15)20)7-13(10)21(17,18)16(2)8-11-5-6-19-9-11/h3-7,9H,8H2,1-2H3,(H2,15,20). The molecule has 1 heterocycles. The largest absolute Gasteiger partial charge is 0.472 e. The second-order valence-electron chi connectivity index (χ2n) is 4.74. The number of hydrogen-bond donors (Lipinski definition) is 1. The number of benzene rings is 1. The van der Waals surface area contributed by atoms with E-state index in [1.165, 1.54) is 29.9 Å². The van der Waals surface area contributed by atoms with Gasteiger partial charge in [0.25, 0.3) is 0 Å². The van der Waals surface area contributed by atoms with Crippen molar-refractivity contribution in [2.24, 2.45) is 5.73 Å². The second-order valence-corrected chi connectivity index (χ2v) is 7.19. The molecule has 0 saturated carbocycles. The summed E-state index contributed by atoms with van der Waals surface area (Å²) in [6.45, 7) is 1.97. The first-order valence-electron chi connectivity index (χ1n) is 6.20. The number of furan rings is 1. The molecule has 0 aliphatic rings. The Balaban J connectivity index is 2.38. The van der Waals surface area contributed by atoms with Crippen LogP contribution in [0.2, 0.25) is 0 Å². The van der Waals surface area contributed by atoms with E-state index in [1.54, 1.807) is 25.1 Å². The highest BCUT2D eigenvalue weighted by Crippen LogP contribution is 2.22. The van der Waals surface area contributed by atoms with Crippen LogP contribution in [0.25, 0.3) is 0 Å². The summed E-state index contributed by atoms with van der Waals surface area (Å²) in [4.78, 5) is 0.378. The van der Waals surface area contributed by atoms with E-state index < -0.39 is 10.0 Å². The van der Waals surface area contributed by atoms with Crippen LogP contribution in [0.5, 0.6) is 0 Å². The lowest BCUT2D eigenvalue weighted by Gasteiger charge is -2.18. The van der Waals surface area contributed by atoms with Gasteiger partial charge in [-0.1, -0.05) is 24.4 Å². The molecule has 2 rings (SSSR count). The van der Waals surface area contributed by atoms with E-state index in [1.807, 2.05) is 0 Å². The van der Waals surface area contributed by atoms with Crippen molar-refractivity contribution in [2.75, 3.05) is 7.05 Å². The van der Waals surface area contributed by atoms with Crippen LogP contribution < -0.4 is 5.73 Å². The number of hydrogen-bond acceptors (Lipinski definition) is 4. The molecule has 0 aliphatic carbocycles. The van der Waals surface area contributed by atoms with Gasteiger partial charge in [0.1, 0.15) is 4.99 Å². The normalized spacial score (nSPS) is 11.8. The molecule has 2 aromatic rings. The lowest BCUT2D eigenvalue weighted by molar-refractivity contribution is 0.463. The summed E-state index contributed by atoms with van der Waals surface area (Å²) in [5, 5.41) is 0. The smallest absolute Gasteiger partial charge is 0.243 e. The van der Waals surface area contributed by atoms with Crippen LogP contribution in [0.3, 0.4) is 0 Å². The molecule has 1 aromatic carbocycles. The predicted molar refractivity (Wildman–Crippen MR) is 84.4 cm³/mol. The van der Waals surface area contributed by atoms with E-state index in [4.69, 9.17) is 22.4 Å². The SMILES string of the molecule is Cc1ccc(C(N)=S)cc1S(=O)(=O)N(C)Cc1ccoc1. The number of thiocarbonyl (C=S) groups is 1. The first-order chi connectivity index (χ1) is 9.82. The zero-order chi connectivity index (χ0) is 15.6. The van der Waals surface area contributed by atoms with Gasteiger partial charge in [-0.2, -0.15) is 4.31 Å². The molecule has 0 saturated heterocycles. The van der Waals surface area contributed by atoms with Crippen LogP contribution in [0.1, 0.15) is 16.7 Å². The lowest BCUT2D eigenvalue weighted by atomic mass is 10.1. The maximum atomic E-state index is 12.7. The van der Waals surface area contributed by atoms with Crippen molar-refractivity contribution in [3.05, 3.63) is 53.5 Å². The van der Waals surface area contributed by atoms with Crippen molar-refractivity contribution >= 4 is 27.2 Å². The highest BCUT2D eigenvalue weighted by Gasteiger charge is 2.23. The van der Waals surface area contributed by atoms with Gasteiger partial charge in [0.05, 0.1) is 17.4 Å². The molecule has 0 fully saturated rings. The first kappa shape index (κ1) is 15.7. The Morgan fingerprint density at radius 3 is 2.67 bits per heavy atom. The Labute approximate surface area is 129 Å². The Bertz CT molecular complexity index is 753. The minimum Gasteiger partial charge on any atom is -0.472 e. The van der Waals surface area contributed by atoms with Crippen molar-refractivity contribution in [2.45, 2.75) is 18.4 Å². The summed E-state index contributed by atoms with van der Waals surface area (Å²) in [6.07, 6.45) is 3.03. The molecule has 112 valence electrons. The molecule has 1 aromatic heterocycles. The van der Waals surface area contributed by atoms with Gasteiger partial charge in [0.15, 0.2) is 0 Å². The quantitative estimate of drug-likeness (QED) is 0.852. The van der Waals surface area contributed by atoms with E-state index in [0.717, 1.165) is 5.56 Å². The second kappa shape index (κ2) is 5.97. The van der Waals surface area contributed by atoms with Crippen molar-refractivity contribution in [3.63, 3.8) is 0 Å². The summed E-state index contributed by atoms with van der Waals surface area (Å²) in [6, 6.07) is 6.66. The van der Waals surface area contributed by atoms with E-state index in [2.05, 4.69) is 0 Å². The Hall–Kier alpha value is -1.70. The van der Waals surface area contributed by atoms with Gasteiger partial charge < -0.3 is 10.2 Å². The molecule has 5 nitrogen and oxygen atoms in total. The third kappa shape index (κ3) is 3.31. The number of sulfonamides is 1. The fraction of sp³-hybridized carbons (Fsp3) is 0.214. The predicted octanol–water partition coefficient (Wildman–Crippen LogP) is 2.04. The van der Waals surface area contributed by atoms with Crippen LogP contribution >= 0.6 is 12.2 Å². The first-order valence-corrected chi connectivity index (χ1v) is 8.05. The summed E-state index contributed by atoms with van der Waals surface area (Å²) in [5.41, 5.74) is 7.53. The van der Waals surface area contributed by atoms with E-state index >= 15 is 0 Å². The molecule has 0 amide bonds. The summed E-state index contributed by atoms with van der Waals surface area (Å²) < 4.78 is 31.6. The molecule has 0 bridgehead atoms. The van der Waals surface area contributed by atoms with Gasteiger partial charge >= 0.3 is 0 Å². The maximum Gasteiger partial charge on any atom is 0.243 e. The lowest BCUT2D eigenvalue weighted by Crippen LogP contribution is -2.27. The molecule has 0 unspecified atom stereocenters. The van der Waals surface area contributed by atoms with Gasteiger partial charge in [-0.15, -0.1) is 0 Å². The Kier molecular flexibility index (Phi) is 4.46. The van der Waals surface area contributed by atoms with E-state index in [-0.39, 0.29) is 16.4 Å². The highest BCUT2D eigenvalue weighted by atomic mass is 32.2. The van der Waals surface area contributed by atoms with E-state index in [9.17, 15) is 8.42 Å². The van der Waals surface area contributed by atoms with Gasteiger partial charge in [0, 0.05) is 24.7 Å². The number of nitrogens with two attached hydrogens (primary N) is 1. The van der Waals surface area contributed by atoms with Crippen LogP contribution in [0.4, 0.5) is 0 Å². The monoisotopic (exact) mass is 324 g/mol. The third-order valence-corrected chi connectivity index (χ3v) is 5.33. The molecular formula is C14H16N2O3S2. The molecule has 0 radical (unpaired) electrons. The average Bonchev–Trinajstić information content (AvgIpc) is 2.91. The summed E-state index contributed by atoms with van der Waals surface area (Å²) >= 11 is 4.90. The highest BCUT2D eigenvalue weighted by molar-refractivity contribution is 7.89. The van der Waals surface area contributed by atoms with Crippen molar-refractivity contribution in [1.29, 1.82) is 0 Å². The number of nitrogens with zero attached hydrogens (tertiary/aromatic N) is 1. The fourth-order valence-corrected chi connectivity index (χ4v) is 3.46. The zero-order valence-electron chi connectivity index (χ0n) is 11.7. The maximum absolute atomic E-state index is 12.7. The molecule has 2 N–H and O–H groups in total. The van der Waals surface area contributed by atoms with Crippen LogP contribution in [0.15, 0.2) is 46.1 Å². The van der Waals surface area contributed by atoms with Gasteiger partial charge in [-0.05, 0) is 24.6 Å². The van der Waals surface area contributed by atoms with Crippen molar-refractivity contribution < 1.29 is 12.8 Å². The fourth-order valence-electron chi connectivity index (χ4n) is 1.92. The third-order valence-electron chi connectivity index (χ3n) is 3.15. The van der Waals surface area contributed by atoms with Crippen LogP contribution in [0, 0.1) is 6.92 Å². The number of rotatable bonds is 5. The summed E-state index contributed by atoms with van der Waals surface area (Å²) in [7, 11) is -2.10. The number of aryl methyl sites for hydroxylation is 1. The minimum absolute atomic E-state index is 0.170. The Morgan fingerprint density at radius 1 is 1.38 bits per heavy atom. The molecule has 0 atom stereocenters. The van der Waals surface area contributed by atoms with Crippen molar-refractivity contribution in [3.8, 4) is 0 Å². The molecule has 0 spiro atoms. The minimum atomic E-state index is -3.63. The zero-order valence-corrected chi connectivity index (χ0v) is 13.4. The van der Waals surface area contributed by atoms with Gasteiger partial charge in [-0.25, -0.2) is 8.42 Å². The van der Waals surface area contributed by atoms with Crippen molar-refractivity contribution in [1.82, 2.24) is 4.31 Å². The molecule has 21 heavy (non-hydrogen) atoms. The van der Waals surface area contributed by atoms with Gasteiger partial charge in [0.2, 0.25) is 10.0 Å². The Morgan fingerprint density at radius 2 is 2.10 bits per heavy atom.